The molecule has 1 N–H and O–H groups in total. The van der Waals surface area contributed by atoms with E-state index in [-0.39, 0.29) is 5.91 Å². The third-order valence-corrected chi connectivity index (χ3v) is 5.64. The Morgan fingerprint density at radius 3 is 2.75 bits per heavy atom. The lowest BCUT2D eigenvalue weighted by Gasteiger charge is -2.08. The van der Waals surface area contributed by atoms with Crippen molar-refractivity contribution in [1.82, 2.24) is 20.1 Å². The molecule has 142 valence electrons. The third kappa shape index (κ3) is 3.34. The molecule has 4 rings (SSSR count). The van der Waals surface area contributed by atoms with Gasteiger partial charge in [0.1, 0.15) is 5.75 Å². The summed E-state index contributed by atoms with van der Waals surface area (Å²) in [6.45, 7) is 2.30. The normalized spacial score (nSPS) is 11.0. The molecular formula is C20H17ClN4O2S. The predicted molar refractivity (Wildman–Crippen MR) is 111 cm³/mol. The third-order valence-electron chi connectivity index (χ3n) is 4.37. The number of benzene rings is 1. The number of thiophene rings is 1. The van der Waals surface area contributed by atoms with Crippen LogP contribution in [0.15, 0.2) is 48.0 Å². The lowest BCUT2D eigenvalue weighted by molar-refractivity contribution is 0.0951. The molecule has 0 fully saturated rings. The molecule has 0 saturated heterocycles. The largest absolute Gasteiger partial charge is 0.497 e. The molecule has 8 heteroatoms. The van der Waals surface area contributed by atoms with Gasteiger partial charge in [-0.3, -0.25) is 4.79 Å². The number of hydrogen-bond donors (Lipinski definition) is 1. The van der Waals surface area contributed by atoms with Crippen molar-refractivity contribution in [3.05, 3.63) is 69.1 Å². The van der Waals surface area contributed by atoms with E-state index in [0.29, 0.717) is 33.9 Å². The average Bonchev–Trinajstić information content (AvgIpc) is 3.35. The predicted octanol–water partition coefficient (Wildman–Crippen LogP) is 4.38. The quantitative estimate of drug-likeness (QED) is 0.528. The number of amides is 1. The number of halogens is 1. The van der Waals surface area contributed by atoms with Crippen molar-refractivity contribution in [2.45, 2.75) is 13.5 Å². The Balaban J connectivity index is 1.69. The fourth-order valence-corrected chi connectivity index (χ4v) is 3.95. The standard InChI is InChI=1S/C20H17ClN4O2S/c1-12-17-18(21)16(20(26)23-10-15-4-3-9-28-15)11-22-19(17)25(24-12)13-5-7-14(27-2)8-6-13/h3-9,11H,10H2,1-2H3,(H,23,26). The van der Waals surface area contributed by atoms with E-state index in [1.807, 2.05) is 48.7 Å². The van der Waals surface area contributed by atoms with Crippen molar-refractivity contribution in [2.75, 3.05) is 7.11 Å². The van der Waals surface area contributed by atoms with Crippen LogP contribution < -0.4 is 10.1 Å². The number of nitrogens with zero attached hydrogens (tertiary/aromatic N) is 3. The van der Waals surface area contributed by atoms with E-state index in [1.54, 1.807) is 23.1 Å². The maximum Gasteiger partial charge on any atom is 0.254 e. The van der Waals surface area contributed by atoms with E-state index in [1.165, 1.54) is 6.20 Å². The van der Waals surface area contributed by atoms with Gasteiger partial charge in [0.05, 0.1) is 41.0 Å². The smallest absolute Gasteiger partial charge is 0.254 e. The van der Waals surface area contributed by atoms with Gasteiger partial charge in [0.25, 0.3) is 5.91 Å². The minimum Gasteiger partial charge on any atom is -0.497 e. The van der Waals surface area contributed by atoms with E-state index in [9.17, 15) is 4.79 Å². The Morgan fingerprint density at radius 2 is 2.07 bits per heavy atom. The number of carbonyl (C=O) groups is 1. The number of aryl methyl sites for hydroxylation is 1. The summed E-state index contributed by atoms with van der Waals surface area (Å²) in [6, 6.07) is 11.4. The highest BCUT2D eigenvalue weighted by Crippen LogP contribution is 2.30. The van der Waals surface area contributed by atoms with Gasteiger partial charge in [0.15, 0.2) is 5.65 Å². The van der Waals surface area contributed by atoms with E-state index >= 15 is 0 Å². The van der Waals surface area contributed by atoms with Crippen molar-refractivity contribution in [1.29, 1.82) is 0 Å². The summed E-state index contributed by atoms with van der Waals surface area (Å²) in [7, 11) is 1.62. The fraction of sp³-hybridized carbons (Fsp3) is 0.150. The summed E-state index contributed by atoms with van der Waals surface area (Å²) >= 11 is 8.17. The number of fused-ring (bicyclic) bond motifs is 1. The molecule has 0 spiro atoms. The summed E-state index contributed by atoms with van der Waals surface area (Å²) in [5.41, 5.74) is 2.47. The number of carbonyl (C=O) groups excluding carboxylic acids is 1. The highest BCUT2D eigenvalue weighted by Gasteiger charge is 2.20. The maximum absolute atomic E-state index is 12.6. The molecule has 1 aromatic carbocycles. The lowest BCUT2D eigenvalue weighted by atomic mass is 10.2. The van der Waals surface area contributed by atoms with Crippen LogP contribution in [-0.4, -0.2) is 27.8 Å². The Labute approximate surface area is 170 Å². The Morgan fingerprint density at radius 1 is 1.29 bits per heavy atom. The van der Waals surface area contributed by atoms with Crippen molar-refractivity contribution in [3.8, 4) is 11.4 Å². The highest BCUT2D eigenvalue weighted by molar-refractivity contribution is 7.09. The summed E-state index contributed by atoms with van der Waals surface area (Å²) in [4.78, 5) is 18.1. The lowest BCUT2D eigenvalue weighted by Crippen LogP contribution is -2.23. The van der Waals surface area contributed by atoms with Gasteiger partial charge in [-0.25, -0.2) is 9.67 Å². The zero-order chi connectivity index (χ0) is 19.7. The van der Waals surface area contributed by atoms with Crippen molar-refractivity contribution < 1.29 is 9.53 Å². The van der Waals surface area contributed by atoms with Crippen LogP contribution in [0.25, 0.3) is 16.7 Å². The van der Waals surface area contributed by atoms with Gasteiger partial charge >= 0.3 is 0 Å². The number of ether oxygens (including phenoxy) is 1. The topological polar surface area (TPSA) is 69.0 Å². The number of pyridine rings is 1. The Hall–Kier alpha value is -2.90. The van der Waals surface area contributed by atoms with Gasteiger partial charge in [-0.1, -0.05) is 17.7 Å². The summed E-state index contributed by atoms with van der Waals surface area (Å²) in [5, 5.41) is 10.4. The van der Waals surface area contributed by atoms with Crippen molar-refractivity contribution in [3.63, 3.8) is 0 Å². The average molecular weight is 413 g/mol. The molecule has 0 aliphatic heterocycles. The highest BCUT2D eigenvalue weighted by atomic mass is 35.5. The molecule has 1 amide bonds. The zero-order valence-corrected chi connectivity index (χ0v) is 16.8. The van der Waals surface area contributed by atoms with Crippen molar-refractivity contribution in [2.24, 2.45) is 0 Å². The number of hydrogen-bond acceptors (Lipinski definition) is 5. The molecule has 3 aromatic heterocycles. The maximum atomic E-state index is 12.6. The van der Waals surface area contributed by atoms with E-state index in [0.717, 1.165) is 16.3 Å². The fourth-order valence-electron chi connectivity index (χ4n) is 2.95. The van der Waals surface area contributed by atoms with Crippen LogP contribution in [0.5, 0.6) is 5.75 Å². The summed E-state index contributed by atoms with van der Waals surface area (Å²) in [5.74, 6) is 0.497. The Bertz CT molecular complexity index is 1140. The van der Waals surface area contributed by atoms with E-state index in [2.05, 4.69) is 15.4 Å². The SMILES string of the molecule is COc1ccc(-n2nc(C)c3c(Cl)c(C(=O)NCc4cccs4)cnc32)cc1. The molecule has 0 bridgehead atoms. The van der Waals surface area contributed by atoms with Crippen LogP contribution in [0.3, 0.4) is 0 Å². The molecule has 0 atom stereocenters. The molecule has 28 heavy (non-hydrogen) atoms. The van der Waals surface area contributed by atoms with Crippen LogP contribution in [-0.2, 0) is 6.54 Å². The first-order chi connectivity index (χ1) is 13.6. The van der Waals surface area contributed by atoms with Gasteiger partial charge in [0.2, 0.25) is 0 Å². The van der Waals surface area contributed by atoms with Gasteiger partial charge in [-0.2, -0.15) is 5.10 Å². The number of nitrogens with one attached hydrogen (secondary N) is 1. The molecule has 0 saturated carbocycles. The minimum atomic E-state index is -0.260. The van der Waals surface area contributed by atoms with Crippen LogP contribution in [0, 0.1) is 6.92 Å². The number of aromatic nitrogens is 3. The van der Waals surface area contributed by atoms with Gasteiger partial charge in [-0.15, -0.1) is 11.3 Å². The second kappa shape index (κ2) is 7.61. The summed E-state index contributed by atoms with van der Waals surface area (Å²) < 4.78 is 6.91. The van der Waals surface area contributed by atoms with Crippen LogP contribution in [0.2, 0.25) is 5.02 Å². The Kier molecular flexibility index (Phi) is 5.02. The number of methoxy groups -OCH3 is 1. The first-order valence-electron chi connectivity index (χ1n) is 8.57. The summed E-state index contributed by atoms with van der Waals surface area (Å²) in [6.07, 6.45) is 1.50. The molecule has 3 heterocycles. The molecule has 0 unspecified atom stereocenters. The minimum absolute atomic E-state index is 0.260. The van der Waals surface area contributed by atoms with Crippen LogP contribution in [0.4, 0.5) is 0 Å². The molecule has 0 aliphatic rings. The second-order valence-corrected chi connectivity index (χ2v) is 7.55. The van der Waals surface area contributed by atoms with Gasteiger partial charge in [0, 0.05) is 11.1 Å². The molecule has 0 radical (unpaired) electrons. The van der Waals surface area contributed by atoms with Crippen LogP contribution in [0.1, 0.15) is 20.9 Å². The van der Waals surface area contributed by atoms with Crippen molar-refractivity contribution >= 4 is 39.9 Å². The number of rotatable bonds is 5. The zero-order valence-electron chi connectivity index (χ0n) is 15.3. The molecule has 4 aromatic rings. The second-order valence-electron chi connectivity index (χ2n) is 6.14. The molecule has 0 aliphatic carbocycles. The van der Waals surface area contributed by atoms with E-state index in [4.69, 9.17) is 16.3 Å². The van der Waals surface area contributed by atoms with Crippen LogP contribution >= 0.6 is 22.9 Å². The van der Waals surface area contributed by atoms with Gasteiger partial charge < -0.3 is 10.1 Å². The first kappa shape index (κ1) is 18.5. The monoisotopic (exact) mass is 412 g/mol. The molecule has 6 nitrogen and oxygen atoms in total. The first-order valence-corrected chi connectivity index (χ1v) is 9.83. The van der Waals surface area contributed by atoms with Gasteiger partial charge in [-0.05, 0) is 42.6 Å². The molecular weight excluding hydrogens is 396 g/mol. The van der Waals surface area contributed by atoms with E-state index < -0.39 is 0 Å².